The summed E-state index contributed by atoms with van der Waals surface area (Å²) in [4.78, 5) is 45.6. The molecule has 11 nitrogen and oxygen atoms in total. The maximum absolute atomic E-state index is 12.5. The van der Waals surface area contributed by atoms with Crippen LogP contribution in [0.25, 0.3) is 0 Å². The molecule has 3 atom stereocenters. The summed E-state index contributed by atoms with van der Waals surface area (Å²) in [6.45, 7) is 2.56. The van der Waals surface area contributed by atoms with Gasteiger partial charge in [0.15, 0.2) is 6.10 Å². The number of unbranched alkanes of at least 4 members (excludes halogenated alkanes) is 9. The minimum atomic E-state index is -4.72. The van der Waals surface area contributed by atoms with E-state index >= 15 is 0 Å². The molecule has 0 heterocycles. The topological polar surface area (TPSA) is 172 Å². The Morgan fingerprint density at radius 1 is 0.640 bits per heavy atom. The van der Waals surface area contributed by atoms with Gasteiger partial charge in [0.1, 0.15) is 12.6 Å². The van der Waals surface area contributed by atoms with Crippen molar-refractivity contribution in [1.29, 1.82) is 0 Å². The zero-order valence-corrected chi connectivity index (χ0v) is 31.4. The van der Waals surface area contributed by atoms with Gasteiger partial charge in [0, 0.05) is 12.8 Å². The minimum Gasteiger partial charge on any atom is -0.480 e. The molecule has 12 heteroatoms. The number of hydrogen-bond acceptors (Lipinski definition) is 9. The quantitative estimate of drug-likeness (QED) is 0.0255. The molecule has 286 valence electrons. The number of carbonyl (C=O) groups is 3. The average molecular weight is 726 g/mol. The normalized spacial score (nSPS) is 14.6. The van der Waals surface area contributed by atoms with Gasteiger partial charge in [-0.15, -0.1) is 0 Å². The standard InChI is InChI=1S/C38H64NO10P/c1-3-5-7-9-11-13-14-15-16-17-18-19-20-22-23-25-27-29-36(40)46-31-34(32-47-50(44,45)48-33-35(39)38(42)43)49-37(41)30-28-26-24-21-12-10-8-6-4-2/h5,7,11,13,15-16,18-19,22-23,34-35H,3-4,6,8-10,12,14,17,20-21,24-33,39H2,1-2H3,(H,42,43)(H,44,45)/b7-5-,13-11-,16-15-,19-18-,23-22-/t34-,35+/m1/s1. The lowest BCUT2D eigenvalue weighted by Crippen LogP contribution is -2.34. The van der Waals surface area contributed by atoms with Gasteiger partial charge >= 0.3 is 25.7 Å². The van der Waals surface area contributed by atoms with Crippen LogP contribution in [-0.4, -0.2) is 59.9 Å². The third-order valence-corrected chi connectivity index (χ3v) is 8.23. The summed E-state index contributed by atoms with van der Waals surface area (Å²) in [5.74, 6) is -2.47. The van der Waals surface area contributed by atoms with Gasteiger partial charge in [0.05, 0.1) is 13.2 Å². The number of aliphatic carboxylic acids is 1. The van der Waals surface area contributed by atoms with Gasteiger partial charge in [0.25, 0.3) is 0 Å². The Balaban J connectivity index is 4.53. The molecule has 0 aliphatic rings. The molecule has 0 radical (unpaired) electrons. The summed E-state index contributed by atoms with van der Waals surface area (Å²) in [6.07, 6.45) is 36.0. The predicted molar refractivity (Wildman–Crippen MR) is 198 cm³/mol. The zero-order valence-electron chi connectivity index (χ0n) is 30.5. The Morgan fingerprint density at radius 3 is 1.66 bits per heavy atom. The van der Waals surface area contributed by atoms with Crippen LogP contribution in [0.5, 0.6) is 0 Å². The number of ether oxygens (including phenoxy) is 2. The summed E-state index contributed by atoms with van der Waals surface area (Å²) in [7, 11) is -4.72. The van der Waals surface area contributed by atoms with Crippen molar-refractivity contribution in [2.24, 2.45) is 5.73 Å². The number of carboxylic acids is 1. The van der Waals surface area contributed by atoms with E-state index in [1.54, 1.807) is 0 Å². The minimum absolute atomic E-state index is 0.142. The predicted octanol–water partition coefficient (Wildman–Crippen LogP) is 8.83. The number of esters is 2. The van der Waals surface area contributed by atoms with Crippen LogP contribution in [0.15, 0.2) is 60.8 Å². The fourth-order valence-electron chi connectivity index (χ4n) is 4.39. The molecule has 0 aromatic heterocycles. The molecule has 0 saturated carbocycles. The first-order valence-corrected chi connectivity index (χ1v) is 19.8. The molecule has 4 N–H and O–H groups in total. The highest BCUT2D eigenvalue weighted by molar-refractivity contribution is 7.47. The molecule has 1 unspecified atom stereocenters. The first-order valence-electron chi connectivity index (χ1n) is 18.3. The van der Waals surface area contributed by atoms with Gasteiger partial charge in [-0.05, 0) is 51.4 Å². The third-order valence-electron chi connectivity index (χ3n) is 7.28. The molecule has 0 fully saturated rings. The lowest BCUT2D eigenvalue weighted by Gasteiger charge is -2.20. The van der Waals surface area contributed by atoms with E-state index in [0.29, 0.717) is 19.3 Å². The second-order valence-electron chi connectivity index (χ2n) is 12.0. The van der Waals surface area contributed by atoms with E-state index < -0.39 is 51.1 Å². The summed E-state index contributed by atoms with van der Waals surface area (Å²) in [5, 5.41) is 8.84. The van der Waals surface area contributed by atoms with Crippen molar-refractivity contribution in [1.82, 2.24) is 0 Å². The molecule has 0 aromatic rings. The lowest BCUT2D eigenvalue weighted by atomic mass is 10.1. The van der Waals surface area contributed by atoms with Gasteiger partial charge in [-0.25, -0.2) is 4.57 Å². The van der Waals surface area contributed by atoms with E-state index in [9.17, 15) is 23.8 Å². The average Bonchev–Trinajstić information content (AvgIpc) is 3.09. The number of phosphoric ester groups is 1. The smallest absolute Gasteiger partial charge is 0.472 e. The Morgan fingerprint density at radius 2 is 1.12 bits per heavy atom. The Hall–Kier alpha value is -2.82. The Labute approximate surface area is 300 Å². The van der Waals surface area contributed by atoms with Crippen LogP contribution in [0, 0.1) is 0 Å². The highest BCUT2D eigenvalue weighted by Crippen LogP contribution is 2.43. The SMILES string of the molecule is CC/C=C\C/C=C\C/C=C\C/C=C\C/C=C\CCCC(=O)OC[C@H](COP(=O)(O)OC[C@H](N)C(=O)O)OC(=O)CCCCCCCCCCC. The van der Waals surface area contributed by atoms with E-state index in [-0.39, 0.29) is 19.4 Å². The van der Waals surface area contributed by atoms with Gasteiger partial charge in [-0.3, -0.25) is 23.4 Å². The van der Waals surface area contributed by atoms with Crippen LogP contribution in [0.1, 0.15) is 129 Å². The maximum atomic E-state index is 12.5. The Bertz CT molecular complexity index is 1090. The van der Waals surface area contributed by atoms with Gasteiger partial charge in [-0.2, -0.15) is 0 Å². The third kappa shape index (κ3) is 32.4. The Kier molecular flexibility index (Phi) is 31.5. The molecule has 0 spiro atoms. The molecule has 0 aromatic carbocycles. The number of carbonyl (C=O) groups excluding carboxylic acids is 2. The zero-order chi connectivity index (χ0) is 37.1. The molecular weight excluding hydrogens is 661 g/mol. The summed E-state index contributed by atoms with van der Waals surface area (Å²) < 4.78 is 32.4. The van der Waals surface area contributed by atoms with E-state index in [2.05, 4.69) is 67.0 Å². The molecule has 0 aliphatic carbocycles. The fraction of sp³-hybridized carbons (Fsp3) is 0.658. The number of carboxylic acid groups (broad SMARTS) is 1. The highest BCUT2D eigenvalue weighted by atomic mass is 31.2. The number of nitrogens with two attached hydrogens (primary N) is 1. The van der Waals surface area contributed by atoms with E-state index in [0.717, 1.165) is 51.4 Å². The van der Waals surface area contributed by atoms with Crippen molar-refractivity contribution >= 4 is 25.7 Å². The van der Waals surface area contributed by atoms with Crippen molar-refractivity contribution < 1.29 is 47.5 Å². The van der Waals surface area contributed by atoms with Crippen LogP contribution in [0.3, 0.4) is 0 Å². The second kappa shape index (κ2) is 33.3. The molecule has 0 saturated heterocycles. The monoisotopic (exact) mass is 725 g/mol. The first kappa shape index (κ1) is 47.2. The van der Waals surface area contributed by atoms with Crippen molar-refractivity contribution in [3.8, 4) is 0 Å². The molecular formula is C38H64NO10P. The summed E-state index contributed by atoms with van der Waals surface area (Å²) >= 11 is 0. The number of phosphoric acid groups is 1. The van der Waals surface area contributed by atoms with Crippen LogP contribution < -0.4 is 5.73 Å². The molecule has 0 amide bonds. The fourth-order valence-corrected chi connectivity index (χ4v) is 5.17. The van der Waals surface area contributed by atoms with Crippen molar-refractivity contribution in [3.63, 3.8) is 0 Å². The maximum Gasteiger partial charge on any atom is 0.472 e. The van der Waals surface area contributed by atoms with E-state index in [1.807, 2.05) is 12.2 Å². The van der Waals surface area contributed by atoms with Crippen LogP contribution in [0.4, 0.5) is 0 Å². The van der Waals surface area contributed by atoms with Gasteiger partial charge < -0.3 is 25.2 Å². The number of allylic oxidation sites excluding steroid dienone is 10. The van der Waals surface area contributed by atoms with Gasteiger partial charge in [-0.1, -0.05) is 126 Å². The van der Waals surface area contributed by atoms with Crippen molar-refractivity contribution in [2.75, 3.05) is 19.8 Å². The second-order valence-corrected chi connectivity index (χ2v) is 13.4. The molecule has 0 bridgehead atoms. The summed E-state index contributed by atoms with van der Waals surface area (Å²) in [5.41, 5.74) is 5.30. The van der Waals surface area contributed by atoms with E-state index in [4.69, 9.17) is 24.8 Å². The van der Waals surface area contributed by atoms with Crippen molar-refractivity contribution in [3.05, 3.63) is 60.8 Å². The largest absolute Gasteiger partial charge is 0.480 e. The highest BCUT2D eigenvalue weighted by Gasteiger charge is 2.28. The lowest BCUT2D eigenvalue weighted by molar-refractivity contribution is -0.161. The molecule has 0 rings (SSSR count). The number of rotatable bonds is 33. The number of hydrogen-bond donors (Lipinski definition) is 3. The molecule has 0 aliphatic heterocycles. The van der Waals surface area contributed by atoms with Crippen LogP contribution in [0.2, 0.25) is 0 Å². The molecule has 50 heavy (non-hydrogen) atoms. The summed E-state index contributed by atoms with van der Waals surface area (Å²) in [6, 6.07) is -1.53. The van der Waals surface area contributed by atoms with Crippen molar-refractivity contribution in [2.45, 2.75) is 142 Å². The van der Waals surface area contributed by atoms with Crippen LogP contribution in [-0.2, 0) is 37.5 Å². The first-order chi connectivity index (χ1) is 24.1. The van der Waals surface area contributed by atoms with E-state index in [1.165, 1.54) is 32.1 Å². The van der Waals surface area contributed by atoms with Crippen LogP contribution >= 0.6 is 7.82 Å². The van der Waals surface area contributed by atoms with Gasteiger partial charge in [0.2, 0.25) is 0 Å².